The Morgan fingerprint density at radius 1 is 1.14 bits per heavy atom. The van der Waals surface area contributed by atoms with Gasteiger partial charge in [0.2, 0.25) is 0 Å². The van der Waals surface area contributed by atoms with Gasteiger partial charge >= 0.3 is 0 Å². The molecule has 21 heavy (non-hydrogen) atoms. The summed E-state index contributed by atoms with van der Waals surface area (Å²) >= 11 is 6.14. The van der Waals surface area contributed by atoms with Gasteiger partial charge in [0.1, 0.15) is 24.2 Å². The fourth-order valence-corrected chi connectivity index (χ4v) is 2.18. The van der Waals surface area contributed by atoms with Gasteiger partial charge in [-0.1, -0.05) is 17.7 Å². The third-order valence-corrected chi connectivity index (χ3v) is 3.80. The van der Waals surface area contributed by atoms with Crippen LogP contribution in [0.1, 0.15) is 22.3 Å². The van der Waals surface area contributed by atoms with Crippen LogP contribution in [-0.2, 0) is 6.61 Å². The Labute approximate surface area is 129 Å². The van der Waals surface area contributed by atoms with E-state index in [1.807, 2.05) is 38.1 Å². The normalized spacial score (nSPS) is 10.0. The highest BCUT2D eigenvalue weighted by Crippen LogP contribution is 2.27. The van der Waals surface area contributed by atoms with Gasteiger partial charge in [0.05, 0.1) is 12.7 Å². The summed E-state index contributed by atoms with van der Waals surface area (Å²) < 4.78 is 11.0. The molecule has 0 aliphatic carbocycles. The SMILES string of the molecule is COc1cc(COc2cc(C)c(Cl)c(C)c2)ccc1C#N. The Hall–Kier alpha value is -2.18. The summed E-state index contributed by atoms with van der Waals surface area (Å²) in [6, 6.07) is 11.3. The van der Waals surface area contributed by atoms with E-state index in [4.69, 9.17) is 26.3 Å². The van der Waals surface area contributed by atoms with Crippen molar-refractivity contribution in [1.29, 1.82) is 5.26 Å². The first kappa shape index (κ1) is 15.2. The molecule has 2 rings (SSSR count). The lowest BCUT2D eigenvalue weighted by atomic mass is 10.1. The van der Waals surface area contributed by atoms with Crippen molar-refractivity contribution in [1.82, 2.24) is 0 Å². The lowest BCUT2D eigenvalue weighted by Gasteiger charge is -2.11. The van der Waals surface area contributed by atoms with Gasteiger partial charge in [-0.25, -0.2) is 0 Å². The molecule has 0 unspecified atom stereocenters. The third-order valence-electron chi connectivity index (χ3n) is 3.20. The molecule has 0 aliphatic heterocycles. The summed E-state index contributed by atoms with van der Waals surface area (Å²) in [7, 11) is 1.55. The predicted molar refractivity (Wildman–Crippen MR) is 83.0 cm³/mol. The number of nitrogens with zero attached hydrogens (tertiary/aromatic N) is 1. The van der Waals surface area contributed by atoms with E-state index < -0.39 is 0 Å². The molecule has 0 spiro atoms. The van der Waals surface area contributed by atoms with Gasteiger partial charge in [-0.05, 0) is 54.8 Å². The van der Waals surface area contributed by atoms with E-state index in [0.29, 0.717) is 17.9 Å². The van der Waals surface area contributed by atoms with Crippen LogP contribution < -0.4 is 9.47 Å². The minimum absolute atomic E-state index is 0.405. The maximum atomic E-state index is 8.96. The third kappa shape index (κ3) is 3.48. The molecule has 0 amide bonds. The van der Waals surface area contributed by atoms with Gasteiger partial charge in [0.15, 0.2) is 0 Å². The molecular weight excluding hydrogens is 286 g/mol. The van der Waals surface area contributed by atoms with Crippen LogP contribution in [-0.4, -0.2) is 7.11 Å². The average Bonchev–Trinajstić information content (AvgIpc) is 2.50. The molecule has 3 nitrogen and oxygen atoms in total. The largest absolute Gasteiger partial charge is 0.495 e. The number of halogens is 1. The minimum atomic E-state index is 0.405. The Balaban J connectivity index is 2.15. The first-order valence-corrected chi connectivity index (χ1v) is 6.89. The summed E-state index contributed by atoms with van der Waals surface area (Å²) in [5, 5.41) is 9.73. The van der Waals surface area contributed by atoms with Crippen molar-refractivity contribution >= 4 is 11.6 Å². The van der Waals surface area contributed by atoms with E-state index in [2.05, 4.69) is 6.07 Å². The van der Waals surface area contributed by atoms with Gasteiger partial charge in [-0.2, -0.15) is 5.26 Å². The maximum Gasteiger partial charge on any atom is 0.137 e. The van der Waals surface area contributed by atoms with E-state index >= 15 is 0 Å². The second-order valence-corrected chi connectivity index (χ2v) is 5.18. The Kier molecular flexibility index (Phi) is 4.72. The van der Waals surface area contributed by atoms with Crippen LogP contribution in [0.15, 0.2) is 30.3 Å². The second-order valence-electron chi connectivity index (χ2n) is 4.81. The highest BCUT2D eigenvalue weighted by molar-refractivity contribution is 6.32. The summed E-state index contributed by atoms with van der Waals surface area (Å²) in [6.07, 6.45) is 0. The van der Waals surface area contributed by atoms with Crippen LogP contribution in [0.2, 0.25) is 5.02 Å². The highest BCUT2D eigenvalue weighted by Gasteiger charge is 2.06. The van der Waals surface area contributed by atoms with Crippen LogP contribution in [0.5, 0.6) is 11.5 Å². The molecule has 0 radical (unpaired) electrons. The summed E-state index contributed by atoms with van der Waals surface area (Å²) in [5.41, 5.74) is 3.43. The quantitative estimate of drug-likeness (QED) is 0.839. The number of hydrogen-bond acceptors (Lipinski definition) is 3. The second kappa shape index (κ2) is 6.51. The zero-order valence-electron chi connectivity index (χ0n) is 12.2. The number of methoxy groups -OCH3 is 1. The van der Waals surface area contributed by atoms with Crippen LogP contribution in [0.25, 0.3) is 0 Å². The van der Waals surface area contributed by atoms with E-state index in [1.54, 1.807) is 13.2 Å². The van der Waals surface area contributed by atoms with Crippen LogP contribution in [0.3, 0.4) is 0 Å². The number of hydrogen-bond donors (Lipinski definition) is 0. The minimum Gasteiger partial charge on any atom is -0.495 e. The first-order chi connectivity index (χ1) is 10.0. The van der Waals surface area contributed by atoms with E-state index in [1.165, 1.54) is 0 Å². The fraction of sp³-hybridized carbons (Fsp3) is 0.235. The number of benzene rings is 2. The first-order valence-electron chi connectivity index (χ1n) is 6.51. The van der Waals surface area contributed by atoms with Crippen molar-refractivity contribution in [2.24, 2.45) is 0 Å². The highest BCUT2D eigenvalue weighted by atomic mass is 35.5. The fourth-order valence-electron chi connectivity index (χ4n) is 2.07. The molecule has 0 aliphatic rings. The molecule has 0 saturated heterocycles. The molecule has 0 heterocycles. The molecule has 0 N–H and O–H groups in total. The molecule has 108 valence electrons. The Bertz CT molecular complexity index is 681. The maximum absolute atomic E-state index is 8.96. The monoisotopic (exact) mass is 301 g/mol. The summed E-state index contributed by atoms with van der Waals surface area (Å²) in [6.45, 7) is 4.31. The van der Waals surface area contributed by atoms with Crippen LogP contribution in [0, 0.1) is 25.2 Å². The lowest BCUT2D eigenvalue weighted by molar-refractivity contribution is 0.305. The molecular formula is C17H16ClNO2. The molecule has 0 bridgehead atoms. The molecule has 0 atom stereocenters. The zero-order valence-corrected chi connectivity index (χ0v) is 13.0. The number of ether oxygens (including phenoxy) is 2. The molecule has 4 heteroatoms. The molecule has 0 saturated carbocycles. The smallest absolute Gasteiger partial charge is 0.137 e. The standard InChI is InChI=1S/C17H16ClNO2/c1-11-6-15(7-12(2)17(11)18)21-10-13-4-5-14(9-19)16(8-13)20-3/h4-8H,10H2,1-3H3. The summed E-state index contributed by atoms with van der Waals surface area (Å²) in [4.78, 5) is 0. The summed E-state index contributed by atoms with van der Waals surface area (Å²) in [5.74, 6) is 1.33. The Morgan fingerprint density at radius 3 is 2.38 bits per heavy atom. The van der Waals surface area contributed by atoms with Crippen LogP contribution in [0.4, 0.5) is 0 Å². The molecule has 0 aromatic heterocycles. The molecule has 2 aromatic rings. The van der Waals surface area contributed by atoms with Crippen molar-refractivity contribution in [3.63, 3.8) is 0 Å². The van der Waals surface area contributed by atoms with E-state index in [9.17, 15) is 0 Å². The number of nitriles is 1. The predicted octanol–water partition coefficient (Wildman–Crippen LogP) is 4.42. The van der Waals surface area contributed by atoms with Crippen molar-refractivity contribution in [3.05, 3.63) is 57.6 Å². The van der Waals surface area contributed by atoms with Gasteiger partial charge < -0.3 is 9.47 Å². The van der Waals surface area contributed by atoms with E-state index in [-0.39, 0.29) is 0 Å². The van der Waals surface area contributed by atoms with Gasteiger partial charge in [0.25, 0.3) is 0 Å². The van der Waals surface area contributed by atoms with Crippen molar-refractivity contribution in [3.8, 4) is 17.6 Å². The lowest BCUT2D eigenvalue weighted by Crippen LogP contribution is -1.98. The van der Waals surface area contributed by atoms with Crippen molar-refractivity contribution in [2.75, 3.05) is 7.11 Å². The average molecular weight is 302 g/mol. The van der Waals surface area contributed by atoms with Crippen molar-refractivity contribution < 1.29 is 9.47 Å². The zero-order chi connectivity index (χ0) is 15.4. The molecule has 0 fully saturated rings. The van der Waals surface area contributed by atoms with Gasteiger partial charge in [-0.3, -0.25) is 0 Å². The van der Waals surface area contributed by atoms with Crippen LogP contribution >= 0.6 is 11.6 Å². The topological polar surface area (TPSA) is 42.2 Å². The van der Waals surface area contributed by atoms with Gasteiger partial charge in [-0.15, -0.1) is 0 Å². The van der Waals surface area contributed by atoms with Gasteiger partial charge in [0, 0.05) is 5.02 Å². The number of rotatable bonds is 4. The number of aryl methyl sites for hydroxylation is 2. The molecule has 2 aromatic carbocycles. The Morgan fingerprint density at radius 2 is 1.81 bits per heavy atom. The van der Waals surface area contributed by atoms with E-state index in [0.717, 1.165) is 27.5 Å². The van der Waals surface area contributed by atoms with Crippen molar-refractivity contribution in [2.45, 2.75) is 20.5 Å².